The molecular formula is C22H25BrN2O. The second kappa shape index (κ2) is 8.42. The van der Waals surface area contributed by atoms with E-state index in [4.69, 9.17) is 6.42 Å². The molecule has 0 saturated carbocycles. The van der Waals surface area contributed by atoms with Gasteiger partial charge in [-0.15, -0.1) is 6.42 Å². The van der Waals surface area contributed by atoms with Crippen molar-refractivity contribution >= 4 is 33.1 Å². The Hall–Kier alpha value is -2.25. The lowest BCUT2D eigenvalue weighted by atomic mass is 9.77. The molecule has 0 unspecified atom stereocenters. The Morgan fingerprint density at radius 3 is 2.77 bits per heavy atom. The minimum absolute atomic E-state index is 0.243. The zero-order valence-corrected chi connectivity index (χ0v) is 17.2. The van der Waals surface area contributed by atoms with E-state index in [-0.39, 0.29) is 11.6 Å². The van der Waals surface area contributed by atoms with E-state index in [1.807, 2.05) is 12.1 Å². The fourth-order valence-electron chi connectivity index (χ4n) is 2.71. The molecule has 0 aromatic heterocycles. The predicted octanol–water partition coefficient (Wildman–Crippen LogP) is 5.62. The van der Waals surface area contributed by atoms with Gasteiger partial charge in [-0.05, 0) is 55.4 Å². The number of benzene rings is 1. The Morgan fingerprint density at radius 2 is 2.15 bits per heavy atom. The zero-order valence-electron chi connectivity index (χ0n) is 15.6. The van der Waals surface area contributed by atoms with Crippen molar-refractivity contribution in [2.24, 2.45) is 5.41 Å². The monoisotopic (exact) mass is 412 g/mol. The van der Waals surface area contributed by atoms with Gasteiger partial charge in [0.2, 0.25) is 0 Å². The highest BCUT2D eigenvalue weighted by atomic mass is 79.9. The van der Waals surface area contributed by atoms with Crippen molar-refractivity contribution in [2.75, 3.05) is 5.32 Å². The Morgan fingerprint density at radius 1 is 1.42 bits per heavy atom. The molecule has 0 fully saturated rings. The van der Waals surface area contributed by atoms with Gasteiger partial charge in [0.1, 0.15) is 0 Å². The summed E-state index contributed by atoms with van der Waals surface area (Å²) >= 11 is 3.53. The van der Waals surface area contributed by atoms with Crippen LogP contribution in [-0.2, 0) is 4.79 Å². The van der Waals surface area contributed by atoms with Crippen LogP contribution in [0.5, 0.6) is 0 Å². The fraction of sp³-hybridized carbons (Fsp3) is 0.318. The van der Waals surface area contributed by atoms with Gasteiger partial charge in [0.15, 0.2) is 0 Å². The van der Waals surface area contributed by atoms with Crippen molar-refractivity contribution < 1.29 is 4.79 Å². The molecule has 1 aliphatic carbocycles. The van der Waals surface area contributed by atoms with E-state index < -0.39 is 0 Å². The van der Waals surface area contributed by atoms with Crippen molar-refractivity contribution in [1.29, 1.82) is 0 Å². The van der Waals surface area contributed by atoms with E-state index in [9.17, 15) is 4.79 Å². The molecule has 26 heavy (non-hydrogen) atoms. The predicted molar refractivity (Wildman–Crippen MR) is 113 cm³/mol. The largest absolute Gasteiger partial charge is 0.357 e. The lowest BCUT2D eigenvalue weighted by Crippen LogP contribution is -2.22. The van der Waals surface area contributed by atoms with Gasteiger partial charge >= 0.3 is 0 Å². The Labute approximate surface area is 164 Å². The molecule has 136 valence electrons. The van der Waals surface area contributed by atoms with Crippen molar-refractivity contribution in [2.45, 2.75) is 40.0 Å². The molecule has 1 amide bonds. The molecule has 0 bridgehead atoms. The molecular weight excluding hydrogens is 388 g/mol. The zero-order chi connectivity index (χ0) is 19.3. The third kappa shape index (κ3) is 5.37. The van der Waals surface area contributed by atoms with Crippen LogP contribution < -0.4 is 10.6 Å². The van der Waals surface area contributed by atoms with Crippen molar-refractivity contribution in [3.63, 3.8) is 0 Å². The minimum atomic E-state index is -0.286. The van der Waals surface area contributed by atoms with Gasteiger partial charge in [-0.3, -0.25) is 4.79 Å². The van der Waals surface area contributed by atoms with Gasteiger partial charge in [-0.1, -0.05) is 48.4 Å². The maximum absolute atomic E-state index is 12.5. The smallest absolute Gasteiger partial charge is 0.271 e. The number of hydrogen-bond donors (Lipinski definition) is 2. The number of terminal acetylenes is 1. The molecule has 1 aromatic rings. The van der Waals surface area contributed by atoms with E-state index in [1.165, 1.54) is 5.57 Å². The normalized spacial score (nSPS) is 16.3. The maximum atomic E-state index is 12.5. The van der Waals surface area contributed by atoms with Crippen LogP contribution in [0.4, 0.5) is 5.69 Å². The Kier molecular flexibility index (Phi) is 6.50. The number of nitrogens with one attached hydrogen (secondary N) is 2. The first-order valence-corrected chi connectivity index (χ1v) is 9.40. The van der Waals surface area contributed by atoms with Crippen LogP contribution in [0, 0.1) is 17.8 Å². The second-order valence-electron chi connectivity index (χ2n) is 7.34. The number of carbonyl (C=O) groups is 1. The molecule has 0 aliphatic heterocycles. The van der Waals surface area contributed by atoms with Gasteiger partial charge in [0.25, 0.3) is 5.91 Å². The molecule has 0 spiro atoms. The van der Waals surface area contributed by atoms with Crippen LogP contribution in [0.15, 0.2) is 52.8 Å². The van der Waals surface area contributed by atoms with Crippen LogP contribution >= 0.6 is 15.9 Å². The molecule has 1 aromatic carbocycles. The van der Waals surface area contributed by atoms with Crippen molar-refractivity contribution in [1.82, 2.24) is 5.32 Å². The first kappa shape index (κ1) is 20.1. The summed E-state index contributed by atoms with van der Waals surface area (Å²) in [6, 6.07) is 5.89. The van der Waals surface area contributed by atoms with E-state index in [0.29, 0.717) is 11.0 Å². The van der Waals surface area contributed by atoms with E-state index in [1.54, 1.807) is 13.1 Å². The summed E-state index contributed by atoms with van der Waals surface area (Å²) in [5.74, 6) is 2.20. The summed E-state index contributed by atoms with van der Waals surface area (Å²) in [4.78, 5) is 12.5. The molecule has 0 saturated heterocycles. The van der Waals surface area contributed by atoms with Gasteiger partial charge in [-0.25, -0.2) is 0 Å². The highest BCUT2D eigenvalue weighted by Crippen LogP contribution is 2.40. The molecule has 4 heteroatoms. The lowest BCUT2D eigenvalue weighted by Gasteiger charge is -2.29. The molecule has 0 heterocycles. The van der Waals surface area contributed by atoms with Crippen LogP contribution in [-0.4, -0.2) is 5.91 Å². The molecule has 2 N–H and O–H groups in total. The minimum Gasteiger partial charge on any atom is -0.357 e. The quantitative estimate of drug-likeness (QED) is 0.486. The topological polar surface area (TPSA) is 41.1 Å². The molecule has 0 atom stereocenters. The SMILES string of the molecule is C#C/C(C)=C/NC(=C)C(=O)Nc1ccc(Br)cc1C1=CCC(C)(C)CC1. The third-order valence-electron chi connectivity index (χ3n) is 4.51. The van der Waals surface area contributed by atoms with E-state index in [2.05, 4.69) is 65.1 Å². The average molecular weight is 413 g/mol. The number of allylic oxidation sites excluding steroid dienone is 3. The first-order valence-electron chi connectivity index (χ1n) is 8.61. The van der Waals surface area contributed by atoms with Crippen LogP contribution in [0.2, 0.25) is 0 Å². The maximum Gasteiger partial charge on any atom is 0.271 e. The first-order chi connectivity index (χ1) is 12.2. The molecule has 3 nitrogen and oxygen atoms in total. The summed E-state index contributed by atoms with van der Waals surface area (Å²) in [5.41, 5.74) is 4.36. The summed E-state index contributed by atoms with van der Waals surface area (Å²) < 4.78 is 0.987. The van der Waals surface area contributed by atoms with Crippen LogP contribution in [0.3, 0.4) is 0 Å². The van der Waals surface area contributed by atoms with E-state index >= 15 is 0 Å². The molecule has 0 radical (unpaired) electrons. The molecule has 2 rings (SSSR count). The van der Waals surface area contributed by atoms with Gasteiger partial charge in [0.05, 0.1) is 5.70 Å². The third-order valence-corrected chi connectivity index (χ3v) is 5.01. The lowest BCUT2D eigenvalue weighted by molar-refractivity contribution is -0.113. The highest BCUT2D eigenvalue weighted by molar-refractivity contribution is 9.10. The number of carbonyl (C=O) groups excluding carboxylic acids is 1. The summed E-state index contributed by atoms with van der Waals surface area (Å²) in [6.45, 7) is 10.1. The summed E-state index contributed by atoms with van der Waals surface area (Å²) in [6.07, 6.45) is 12.3. The summed E-state index contributed by atoms with van der Waals surface area (Å²) in [7, 11) is 0. The number of hydrogen-bond acceptors (Lipinski definition) is 2. The van der Waals surface area contributed by atoms with Gasteiger partial charge in [-0.2, -0.15) is 0 Å². The van der Waals surface area contributed by atoms with Crippen LogP contribution in [0.1, 0.15) is 45.6 Å². The number of halogens is 1. The van der Waals surface area contributed by atoms with Gasteiger partial charge in [0, 0.05) is 27.5 Å². The van der Waals surface area contributed by atoms with E-state index in [0.717, 1.165) is 35.0 Å². The highest BCUT2D eigenvalue weighted by Gasteiger charge is 2.23. The number of rotatable bonds is 5. The average Bonchev–Trinajstić information content (AvgIpc) is 2.60. The summed E-state index contributed by atoms with van der Waals surface area (Å²) in [5, 5.41) is 5.79. The van der Waals surface area contributed by atoms with Crippen LogP contribution in [0.25, 0.3) is 5.57 Å². The standard InChI is InChI=1S/C22H25BrN2O/c1-6-15(2)14-24-16(3)21(26)25-20-8-7-18(23)13-19(20)17-9-11-22(4,5)12-10-17/h1,7-9,13-14,24H,3,10-12H2,2,4-5H3,(H,25,26)/b15-14+. The fourth-order valence-corrected chi connectivity index (χ4v) is 3.07. The second-order valence-corrected chi connectivity index (χ2v) is 8.25. The number of anilines is 1. The van der Waals surface area contributed by atoms with Crippen molar-refractivity contribution in [3.8, 4) is 12.3 Å². The van der Waals surface area contributed by atoms with Gasteiger partial charge < -0.3 is 10.6 Å². The van der Waals surface area contributed by atoms with Crippen molar-refractivity contribution in [3.05, 3.63) is 58.4 Å². The Balaban J connectivity index is 2.20. The number of amides is 1. The Bertz CT molecular complexity index is 825. The molecule has 1 aliphatic rings.